The van der Waals surface area contributed by atoms with Gasteiger partial charge >= 0.3 is 0 Å². The molecule has 0 fully saturated rings. The van der Waals surface area contributed by atoms with E-state index in [0.29, 0.717) is 17.7 Å². The van der Waals surface area contributed by atoms with Gasteiger partial charge in [-0.1, -0.05) is 6.07 Å². The molecule has 2 N–H and O–H groups in total. The van der Waals surface area contributed by atoms with Crippen LogP contribution in [-0.2, 0) is 12.0 Å². The highest BCUT2D eigenvalue weighted by molar-refractivity contribution is 5.43. The van der Waals surface area contributed by atoms with E-state index in [-0.39, 0.29) is 5.75 Å². The highest BCUT2D eigenvalue weighted by Gasteiger charge is 2.24. The van der Waals surface area contributed by atoms with Crippen molar-refractivity contribution in [2.24, 2.45) is 0 Å². The third-order valence-corrected chi connectivity index (χ3v) is 3.10. The number of phenolic OH excluding ortho intramolecular Hbond substituents is 1. The van der Waals surface area contributed by atoms with Crippen LogP contribution in [0.15, 0.2) is 42.7 Å². The molecule has 4 heteroatoms. The number of aromatic hydroxyl groups is 1. The lowest BCUT2D eigenvalue weighted by Crippen LogP contribution is -2.24. The Morgan fingerprint density at radius 2 is 1.89 bits per heavy atom. The minimum Gasteiger partial charge on any atom is -0.504 e. The fraction of sp³-hybridized carbons (Fsp3) is 0.267. The van der Waals surface area contributed by atoms with Crippen molar-refractivity contribution in [3.05, 3.63) is 53.9 Å². The van der Waals surface area contributed by atoms with Crippen LogP contribution in [0.25, 0.3) is 0 Å². The van der Waals surface area contributed by atoms with Crippen LogP contribution < -0.4 is 4.74 Å². The molecule has 0 bridgehead atoms. The average molecular weight is 259 g/mol. The molecule has 1 atom stereocenters. The van der Waals surface area contributed by atoms with Crippen LogP contribution in [0.1, 0.15) is 18.1 Å². The van der Waals surface area contributed by atoms with Crippen molar-refractivity contribution in [3.8, 4) is 11.5 Å². The van der Waals surface area contributed by atoms with Crippen LogP contribution in [0.2, 0.25) is 0 Å². The first kappa shape index (κ1) is 13.4. The Labute approximate surface area is 112 Å². The lowest BCUT2D eigenvalue weighted by molar-refractivity contribution is 0.0573. The summed E-state index contributed by atoms with van der Waals surface area (Å²) in [4.78, 5) is 3.95. The first-order chi connectivity index (χ1) is 9.03. The summed E-state index contributed by atoms with van der Waals surface area (Å²) in [6, 6.07) is 8.64. The Hall–Kier alpha value is -2.07. The first-order valence-electron chi connectivity index (χ1n) is 6.02. The largest absolute Gasteiger partial charge is 0.504 e. The molecule has 2 rings (SSSR count). The molecule has 4 nitrogen and oxygen atoms in total. The molecule has 1 heterocycles. The Kier molecular flexibility index (Phi) is 3.71. The Morgan fingerprint density at radius 1 is 1.21 bits per heavy atom. The second kappa shape index (κ2) is 5.28. The molecule has 0 saturated carbocycles. The quantitative estimate of drug-likeness (QED) is 0.884. The van der Waals surface area contributed by atoms with Crippen molar-refractivity contribution in [2.45, 2.75) is 18.9 Å². The number of methoxy groups -OCH3 is 1. The van der Waals surface area contributed by atoms with Crippen molar-refractivity contribution in [2.75, 3.05) is 7.11 Å². The second-order valence-electron chi connectivity index (χ2n) is 4.69. The van der Waals surface area contributed by atoms with E-state index in [0.717, 1.165) is 5.56 Å². The highest BCUT2D eigenvalue weighted by Crippen LogP contribution is 2.32. The van der Waals surface area contributed by atoms with E-state index in [1.54, 1.807) is 31.5 Å². The van der Waals surface area contributed by atoms with Gasteiger partial charge in [0.05, 0.1) is 12.7 Å². The molecule has 1 aromatic heterocycles. The number of aromatic nitrogens is 1. The van der Waals surface area contributed by atoms with Gasteiger partial charge < -0.3 is 14.9 Å². The zero-order valence-corrected chi connectivity index (χ0v) is 11.0. The smallest absolute Gasteiger partial charge is 0.160 e. The summed E-state index contributed by atoms with van der Waals surface area (Å²) in [5, 5.41) is 20.3. The lowest BCUT2D eigenvalue weighted by Gasteiger charge is -2.24. The van der Waals surface area contributed by atoms with Gasteiger partial charge in [0.2, 0.25) is 0 Å². The van der Waals surface area contributed by atoms with E-state index in [4.69, 9.17) is 4.74 Å². The fourth-order valence-electron chi connectivity index (χ4n) is 2.03. The average Bonchev–Trinajstić information content (AvgIpc) is 2.39. The Bertz CT molecular complexity index is 553. The number of rotatable bonds is 4. The monoisotopic (exact) mass is 259 g/mol. The van der Waals surface area contributed by atoms with Crippen LogP contribution in [0.3, 0.4) is 0 Å². The molecule has 0 aliphatic carbocycles. The van der Waals surface area contributed by atoms with Gasteiger partial charge in [-0.15, -0.1) is 0 Å². The summed E-state index contributed by atoms with van der Waals surface area (Å²) >= 11 is 0. The van der Waals surface area contributed by atoms with Crippen molar-refractivity contribution in [1.82, 2.24) is 4.98 Å². The van der Waals surface area contributed by atoms with Gasteiger partial charge in [0.25, 0.3) is 0 Å². The highest BCUT2D eigenvalue weighted by atomic mass is 16.5. The molecule has 19 heavy (non-hydrogen) atoms. The summed E-state index contributed by atoms with van der Waals surface area (Å²) in [5.41, 5.74) is 0.559. The zero-order valence-electron chi connectivity index (χ0n) is 11.0. The number of phenols is 1. The maximum Gasteiger partial charge on any atom is 0.160 e. The van der Waals surface area contributed by atoms with Crippen molar-refractivity contribution in [3.63, 3.8) is 0 Å². The molecule has 0 amide bonds. The first-order valence-corrected chi connectivity index (χ1v) is 6.02. The van der Waals surface area contributed by atoms with E-state index in [9.17, 15) is 10.2 Å². The number of pyridine rings is 1. The summed E-state index contributed by atoms with van der Waals surface area (Å²) in [6.07, 6.45) is 3.83. The van der Waals surface area contributed by atoms with Crippen LogP contribution >= 0.6 is 0 Å². The molecule has 0 aliphatic heterocycles. The summed E-state index contributed by atoms with van der Waals surface area (Å²) in [6.45, 7) is 1.72. The molecule has 1 aromatic carbocycles. The van der Waals surface area contributed by atoms with Crippen LogP contribution in [0, 0.1) is 0 Å². The molecule has 2 aromatic rings. The molecule has 0 saturated heterocycles. The van der Waals surface area contributed by atoms with Gasteiger partial charge in [-0.05, 0) is 42.3 Å². The van der Waals surface area contributed by atoms with Crippen LogP contribution in [-0.4, -0.2) is 22.3 Å². The number of aliphatic hydroxyl groups is 1. The van der Waals surface area contributed by atoms with Gasteiger partial charge in [0.15, 0.2) is 11.5 Å². The fourth-order valence-corrected chi connectivity index (χ4v) is 2.03. The van der Waals surface area contributed by atoms with Gasteiger partial charge in [0, 0.05) is 18.8 Å². The van der Waals surface area contributed by atoms with E-state index < -0.39 is 5.60 Å². The van der Waals surface area contributed by atoms with Crippen LogP contribution in [0.4, 0.5) is 0 Å². The van der Waals surface area contributed by atoms with Crippen LogP contribution in [0.5, 0.6) is 11.5 Å². The maximum atomic E-state index is 10.6. The molecule has 100 valence electrons. The van der Waals surface area contributed by atoms with E-state index in [2.05, 4.69) is 4.98 Å². The number of ether oxygens (including phenoxy) is 1. The second-order valence-corrected chi connectivity index (χ2v) is 4.69. The number of benzene rings is 1. The summed E-state index contributed by atoms with van der Waals surface area (Å²) < 4.78 is 4.99. The van der Waals surface area contributed by atoms with E-state index >= 15 is 0 Å². The van der Waals surface area contributed by atoms with Gasteiger partial charge in [-0.2, -0.15) is 0 Å². The minimum absolute atomic E-state index is 0.0232. The van der Waals surface area contributed by atoms with Gasteiger partial charge in [-0.25, -0.2) is 0 Å². The predicted octanol–water partition coefficient (Wildman–Crippen LogP) is 2.25. The van der Waals surface area contributed by atoms with Crippen molar-refractivity contribution in [1.29, 1.82) is 0 Å². The molecule has 1 unspecified atom stereocenters. The van der Waals surface area contributed by atoms with Gasteiger partial charge in [-0.3, -0.25) is 4.98 Å². The van der Waals surface area contributed by atoms with Gasteiger partial charge in [0.1, 0.15) is 0 Å². The third-order valence-electron chi connectivity index (χ3n) is 3.10. The molecule has 0 spiro atoms. The molecule has 0 aliphatic rings. The molecule has 0 radical (unpaired) electrons. The number of hydrogen-bond acceptors (Lipinski definition) is 4. The zero-order chi connectivity index (χ0) is 13.9. The number of nitrogens with zero attached hydrogens (tertiary/aromatic N) is 1. The third kappa shape index (κ3) is 3.03. The Balaban J connectivity index is 2.26. The van der Waals surface area contributed by atoms with E-state index in [1.165, 1.54) is 13.2 Å². The lowest BCUT2D eigenvalue weighted by atomic mass is 9.89. The number of hydrogen-bond donors (Lipinski definition) is 2. The topological polar surface area (TPSA) is 62.6 Å². The maximum absolute atomic E-state index is 10.6. The van der Waals surface area contributed by atoms with E-state index in [1.807, 2.05) is 12.1 Å². The summed E-state index contributed by atoms with van der Waals surface area (Å²) in [7, 11) is 1.49. The molecular formula is C15H17NO3. The van der Waals surface area contributed by atoms with Crippen molar-refractivity contribution >= 4 is 0 Å². The van der Waals surface area contributed by atoms with Crippen molar-refractivity contribution < 1.29 is 14.9 Å². The SMILES string of the molecule is COc1ccc(C(C)(O)Cc2ccncc2)cc1O. The molecular weight excluding hydrogens is 242 g/mol. The summed E-state index contributed by atoms with van der Waals surface area (Å²) in [5.74, 6) is 0.415. The standard InChI is InChI=1S/C15H17NO3/c1-15(18,10-11-5-7-16-8-6-11)12-3-4-14(19-2)13(17)9-12/h3-9,17-18H,10H2,1-2H3. The predicted molar refractivity (Wildman–Crippen MR) is 72.2 cm³/mol. The Morgan fingerprint density at radius 3 is 2.47 bits per heavy atom. The minimum atomic E-state index is -1.06. The normalized spacial score (nSPS) is 13.8.